The molecule has 2 atom stereocenters. The molecule has 126 valence electrons. The van der Waals surface area contributed by atoms with Crippen LogP contribution in [0.1, 0.15) is 19.3 Å². The summed E-state index contributed by atoms with van der Waals surface area (Å²) in [6, 6.07) is 11.0. The average Bonchev–Trinajstić information content (AvgIpc) is 3.03. The van der Waals surface area contributed by atoms with E-state index >= 15 is 0 Å². The lowest BCUT2D eigenvalue weighted by atomic mass is 10.1. The molecule has 0 aromatic heterocycles. The minimum absolute atomic E-state index is 0.0934. The predicted octanol–water partition coefficient (Wildman–Crippen LogP) is 3.24. The first kappa shape index (κ1) is 16.6. The highest BCUT2D eigenvalue weighted by atomic mass is 35.5. The van der Waals surface area contributed by atoms with Crippen LogP contribution in [0.4, 0.5) is 0 Å². The van der Waals surface area contributed by atoms with Crippen molar-refractivity contribution in [1.29, 1.82) is 0 Å². The van der Waals surface area contributed by atoms with Gasteiger partial charge in [-0.2, -0.15) is 0 Å². The smallest absolute Gasteiger partial charge is 0.306 e. The Bertz CT molecular complexity index is 777. The quantitative estimate of drug-likeness (QED) is 0.870. The van der Waals surface area contributed by atoms with Gasteiger partial charge < -0.3 is 15.2 Å². The summed E-state index contributed by atoms with van der Waals surface area (Å²) in [6.07, 6.45) is 1.76. The molecule has 0 heterocycles. The van der Waals surface area contributed by atoms with Gasteiger partial charge >= 0.3 is 5.97 Å². The summed E-state index contributed by atoms with van der Waals surface area (Å²) >= 11 is 6.16. The molecule has 2 N–H and O–H groups in total. The summed E-state index contributed by atoms with van der Waals surface area (Å²) in [6.45, 7) is -0.111. The molecule has 3 rings (SSSR count). The maximum atomic E-state index is 12.0. The Morgan fingerprint density at radius 3 is 2.62 bits per heavy atom. The van der Waals surface area contributed by atoms with E-state index in [4.69, 9.17) is 21.4 Å². The number of carbonyl (C=O) groups is 2. The van der Waals surface area contributed by atoms with Crippen LogP contribution in [0, 0.1) is 5.92 Å². The third-order valence-corrected chi connectivity index (χ3v) is 4.67. The molecule has 5 nitrogen and oxygen atoms in total. The number of carboxylic acid groups (broad SMARTS) is 1. The number of halogens is 1. The highest BCUT2D eigenvalue weighted by molar-refractivity contribution is 6.35. The Balaban J connectivity index is 1.59. The van der Waals surface area contributed by atoms with E-state index in [0.717, 1.165) is 10.8 Å². The van der Waals surface area contributed by atoms with Gasteiger partial charge in [0.05, 0.1) is 5.92 Å². The van der Waals surface area contributed by atoms with Crippen molar-refractivity contribution in [2.45, 2.75) is 25.3 Å². The Morgan fingerprint density at radius 1 is 1.17 bits per heavy atom. The van der Waals surface area contributed by atoms with Crippen LogP contribution in [0.5, 0.6) is 5.75 Å². The number of aliphatic carboxylic acids is 1. The average molecular weight is 348 g/mol. The number of carboxylic acids is 1. The maximum Gasteiger partial charge on any atom is 0.306 e. The van der Waals surface area contributed by atoms with E-state index in [2.05, 4.69) is 5.32 Å². The van der Waals surface area contributed by atoms with Crippen LogP contribution in [0.2, 0.25) is 5.02 Å². The van der Waals surface area contributed by atoms with Crippen LogP contribution in [0.15, 0.2) is 36.4 Å². The molecule has 1 fully saturated rings. The van der Waals surface area contributed by atoms with Crippen molar-refractivity contribution in [1.82, 2.24) is 5.32 Å². The summed E-state index contributed by atoms with van der Waals surface area (Å²) in [7, 11) is 0. The fourth-order valence-electron chi connectivity index (χ4n) is 3.11. The highest BCUT2D eigenvalue weighted by Gasteiger charge is 2.30. The number of rotatable bonds is 5. The summed E-state index contributed by atoms with van der Waals surface area (Å²) in [4.78, 5) is 23.0. The lowest BCUT2D eigenvalue weighted by Crippen LogP contribution is -2.36. The molecule has 1 amide bonds. The molecule has 0 spiro atoms. The molecule has 6 heteroatoms. The molecule has 0 bridgehead atoms. The minimum atomic E-state index is -0.796. The fraction of sp³-hybridized carbons (Fsp3) is 0.333. The van der Waals surface area contributed by atoms with Gasteiger partial charge in [-0.3, -0.25) is 9.59 Å². The van der Waals surface area contributed by atoms with Gasteiger partial charge in [-0.25, -0.2) is 0 Å². The first-order chi connectivity index (χ1) is 11.5. The van der Waals surface area contributed by atoms with E-state index in [1.807, 2.05) is 24.3 Å². The Kier molecular flexibility index (Phi) is 4.90. The van der Waals surface area contributed by atoms with Crippen LogP contribution in [0.3, 0.4) is 0 Å². The van der Waals surface area contributed by atoms with E-state index in [0.29, 0.717) is 30.0 Å². The first-order valence-electron chi connectivity index (χ1n) is 7.87. The van der Waals surface area contributed by atoms with Crippen molar-refractivity contribution in [3.8, 4) is 5.75 Å². The van der Waals surface area contributed by atoms with E-state index in [1.165, 1.54) is 0 Å². The Labute approximate surface area is 144 Å². The van der Waals surface area contributed by atoms with Crippen LogP contribution in [-0.4, -0.2) is 29.6 Å². The molecular weight excluding hydrogens is 330 g/mol. The third-order valence-electron chi connectivity index (χ3n) is 4.34. The number of benzene rings is 2. The Hall–Kier alpha value is -2.27. The molecule has 0 unspecified atom stereocenters. The first-order valence-corrected chi connectivity index (χ1v) is 8.24. The van der Waals surface area contributed by atoms with Crippen molar-refractivity contribution >= 4 is 34.2 Å². The van der Waals surface area contributed by atoms with E-state index < -0.39 is 5.97 Å². The predicted molar refractivity (Wildman–Crippen MR) is 91.4 cm³/mol. The molecule has 24 heavy (non-hydrogen) atoms. The number of nitrogens with one attached hydrogen (secondary N) is 1. The largest absolute Gasteiger partial charge is 0.483 e. The summed E-state index contributed by atoms with van der Waals surface area (Å²) in [5.41, 5.74) is 0. The van der Waals surface area contributed by atoms with Crippen LogP contribution < -0.4 is 10.1 Å². The second kappa shape index (κ2) is 7.09. The number of ether oxygens (including phenoxy) is 1. The molecular formula is C18H18ClNO4. The summed E-state index contributed by atoms with van der Waals surface area (Å²) in [5.74, 6) is -0.808. The van der Waals surface area contributed by atoms with Gasteiger partial charge in [0.2, 0.25) is 0 Å². The van der Waals surface area contributed by atoms with Gasteiger partial charge in [0.1, 0.15) is 5.75 Å². The van der Waals surface area contributed by atoms with Gasteiger partial charge in [0.25, 0.3) is 5.91 Å². The third kappa shape index (κ3) is 3.62. The lowest BCUT2D eigenvalue weighted by molar-refractivity contribution is -0.141. The number of hydrogen-bond acceptors (Lipinski definition) is 3. The van der Waals surface area contributed by atoms with Gasteiger partial charge in [-0.1, -0.05) is 35.9 Å². The number of hydrogen-bond donors (Lipinski definition) is 2. The van der Waals surface area contributed by atoms with Crippen LogP contribution in [-0.2, 0) is 9.59 Å². The molecule has 0 saturated heterocycles. The topological polar surface area (TPSA) is 75.6 Å². The standard InChI is InChI=1S/C18H18ClNO4/c19-15-7-8-16(14-4-2-1-3-13(14)15)24-10-17(21)20-12-6-5-11(9-12)18(22)23/h1-4,7-8,11-12H,5-6,9-10H2,(H,20,21)(H,22,23)/t11-,12+/m1/s1. The van der Waals surface area contributed by atoms with Crippen molar-refractivity contribution in [2.75, 3.05) is 6.61 Å². The van der Waals surface area contributed by atoms with Crippen molar-refractivity contribution < 1.29 is 19.4 Å². The maximum absolute atomic E-state index is 12.0. The van der Waals surface area contributed by atoms with Crippen molar-refractivity contribution in [3.05, 3.63) is 41.4 Å². The second-order valence-corrected chi connectivity index (χ2v) is 6.40. The van der Waals surface area contributed by atoms with Gasteiger partial charge in [0, 0.05) is 21.8 Å². The van der Waals surface area contributed by atoms with Gasteiger partial charge in [-0.05, 0) is 31.4 Å². The molecule has 2 aromatic rings. The van der Waals surface area contributed by atoms with E-state index in [-0.39, 0.29) is 24.5 Å². The zero-order valence-electron chi connectivity index (χ0n) is 13.0. The Morgan fingerprint density at radius 2 is 1.92 bits per heavy atom. The lowest BCUT2D eigenvalue weighted by Gasteiger charge is -2.14. The normalized spacial score (nSPS) is 20.0. The number of carbonyl (C=O) groups excluding carboxylic acids is 1. The molecule has 1 aliphatic rings. The van der Waals surface area contributed by atoms with Crippen LogP contribution >= 0.6 is 11.6 Å². The van der Waals surface area contributed by atoms with Crippen molar-refractivity contribution in [3.63, 3.8) is 0 Å². The van der Waals surface area contributed by atoms with E-state index in [1.54, 1.807) is 12.1 Å². The second-order valence-electron chi connectivity index (χ2n) is 5.99. The monoisotopic (exact) mass is 347 g/mol. The zero-order chi connectivity index (χ0) is 17.1. The molecule has 0 aliphatic heterocycles. The number of fused-ring (bicyclic) bond motifs is 1. The van der Waals surface area contributed by atoms with E-state index in [9.17, 15) is 9.59 Å². The molecule has 2 aromatic carbocycles. The molecule has 1 aliphatic carbocycles. The molecule has 0 radical (unpaired) electrons. The minimum Gasteiger partial charge on any atom is -0.483 e. The summed E-state index contributed by atoms with van der Waals surface area (Å²) < 4.78 is 5.63. The summed E-state index contributed by atoms with van der Waals surface area (Å²) in [5, 5.41) is 14.2. The highest BCUT2D eigenvalue weighted by Crippen LogP contribution is 2.31. The van der Waals surface area contributed by atoms with Gasteiger partial charge in [0.15, 0.2) is 6.61 Å². The fourth-order valence-corrected chi connectivity index (χ4v) is 3.34. The molecule has 1 saturated carbocycles. The van der Waals surface area contributed by atoms with Crippen molar-refractivity contribution in [2.24, 2.45) is 5.92 Å². The SMILES string of the molecule is O=C(COc1ccc(Cl)c2ccccc12)N[C@H]1CC[C@@H](C(=O)O)C1. The van der Waals surface area contributed by atoms with Crippen LogP contribution in [0.25, 0.3) is 10.8 Å². The number of amides is 1. The zero-order valence-corrected chi connectivity index (χ0v) is 13.8. The van der Waals surface area contributed by atoms with Gasteiger partial charge in [-0.15, -0.1) is 0 Å².